The maximum absolute atomic E-state index is 9.77. The van der Waals surface area contributed by atoms with E-state index in [2.05, 4.69) is 5.32 Å². The number of aromatic hydroxyl groups is 1. The number of hydrogen-bond acceptors (Lipinski definition) is 4. The average molecular weight is 217 g/mol. The monoisotopic (exact) mass is 217 g/mol. The second kappa shape index (κ2) is 3.28. The number of phenols is 1. The van der Waals surface area contributed by atoms with Gasteiger partial charge in [-0.1, -0.05) is 12.1 Å². The summed E-state index contributed by atoms with van der Waals surface area (Å²) in [6.45, 7) is 0. The van der Waals surface area contributed by atoms with Crippen LogP contribution in [0.15, 0.2) is 34.9 Å². The molecule has 1 aromatic heterocycles. The van der Waals surface area contributed by atoms with E-state index < -0.39 is 0 Å². The number of phenolic OH excluding ortho intramolecular Hbond substituents is 1. The smallest absolute Gasteiger partial charge is 0.203 e. The first-order chi connectivity index (χ1) is 7.81. The number of furan rings is 1. The zero-order valence-corrected chi connectivity index (χ0v) is 8.73. The fraction of sp³-hybridized carbons (Fsp3) is 0.167. The molecule has 82 valence electrons. The first-order valence-electron chi connectivity index (χ1n) is 5.00. The molecule has 2 N–H and O–H groups in total. The molecule has 16 heavy (non-hydrogen) atoms. The van der Waals surface area contributed by atoms with Crippen LogP contribution in [-0.4, -0.2) is 12.2 Å². The summed E-state index contributed by atoms with van der Waals surface area (Å²) in [6.07, 6.45) is 1.41. The molecule has 1 aromatic carbocycles. The first-order valence-corrected chi connectivity index (χ1v) is 5.00. The zero-order chi connectivity index (χ0) is 11.1. The number of ether oxygens (including phenoxy) is 1. The molecular weight excluding hydrogens is 206 g/mol. The van der Waals surface area contributed by atoms with Crippen LogP contribution >= 0.6 is 0 Å². The Kier molecular flexibility index (Phi) is 1.91. The van der Waals surface area contributed by atoms with Gasteiger partial charge in [0.2, 0.25) is 5.88 Å². The van der Waals surface area contributed by atoms with E-state index in [4.69, 9.17) is 9.15 Å². The van der Waals surface area contributed by atoms with Crippen molar-refractivity contribution in [2.45, 2.75) is 6.10 Å². The molecule has 2 heterocycles. The summed E-state index contributed by atoms with van der Waals surface area (Å²) in [4.78, 5) is 0. The van der Waals surface area contributed by atoms with Crippen molar-refractivity contribution in [2.75, 3.05) is 12.4 Å². The van der Waals surface area contributed by atoms with E-state index >= 15 is 0 Å². The van der Waals surface area contributed by atoms with Crippen LogP contribution in [0.4, 0.5) is 11.6 Å². The molecule has 0 bridgehead atoms. The minimum Gasteiger partial charge on any atom is -0.506 e. The van der Waals surface area contributed by atoms with Crippen molar-refractivity contribution in [1.29, 1.82) is 0 Å². The second-order valence-electron chi connectivity index (χ2n) is 3.69. The number of benzene rings is 1. The molecule has 0 fully saturated rings. The van der Waals surface area contributed by atoms with E-state index in [1.54, 1.807) is 25.5 Å². The van der Waals surface area contributed by atoms with Crippen LogP contribution in [0.1, 0.15) is 17.2 Å². The number of rotatable bonds is 1. The molecule has 0 saturated carbocycles. The fourth-order valence-electron chi connectivity index (χ4n) is 2.07. The quantitative estimate of drug-likeness (QED) is 0.721. The molecule has 1 unspecified atom stereocenters. The van der Waals surface area contributed by atoms with Gasteiger partial charge in [-0.25, -0.2) is 0 Å². The van der Waals surface area contributed by atoms with Crippen molar-refractivity contribution in [2.24, 2.45) is 0 Å². The average Bonchev–Trinajstić information content (AvgIpc) is 2.75. The number of methoxy groups -OCH3 is 1. The zero-order valence-electron chi connectivity index (χ0n) is 8.73. The lowest BCUT2D eigenvalue weighted by atomic mass is 9.97. The van der Waals surface area contributed by atoms with Gasteiger partial charge in [-0.05, 0) is 12.1 Å². The van der Waals surface area contributed by atoms with Gasteiger partial charge < -0.3 is 19.6 Å². The summed E-state index contributed by atoms with van der Waals surface area (Å²) in [7, 11) is 1.64. The standard InChI is InChI=1S/C12H11NO3/c1-15-11-7-3-2-4-9(14)10(7)13-12-8(11)5-6-16-12/h2-6,11,13-14H,1H3. The third-order valence-corrected chi connectivity index (χ3v) is 2.81. The number of nitrogens with one attached hydrogen (secondary N) is 1. The van der Waals surface area contributed by atoms with E-state index in [1.807, 2.05) is 12.1 Å². The van der Waals surface area contributed by atoms with Crippen LogP contribution in [0.25, 0.3) is 0 Å². The highest BCUT2D eigenvalue weighted by atomic mass is 16.5. The van der Waals surface area contributed by atoms with Gasteiger partial charge in [0.05, 0.1) is 12.0 Å². The summed E-state index contributed by atoms with van der Waals surface area (Å²) in [5.74, 6) is 0.822. The van der Waals surface area contributed by atoms with Gasteiger partial charge >= 0.3 is 0 Å². The van der Waals surface area contributed by atoms with E-state index in [-0.39, 0.29) is 11.9 Å². The van der Waals surface area contributed by atoms with Crippen molar-refractivity contribution in [1.82, 2.24) is 0 Å². The number of fused-ring (bicyclic) bond motifs is 2. The van der Waals surface area contributed by atoms with Gasteiger partial charge in [-0.2, -0.15) is 0 Å². The summed E-state index contributed by atoms with van der Waals surface area (Å²) in [5, 5.41) is 12.8. The molecule has 0 spiro atoms. The molecule has 1 aliphatic rings. The predicted octanol–water partition coefficient (Wildman–Crippen LogP) is 2.78. The maximum Gasteiger partial charge on any atom is 0.203 e. The third-order valence-electron chi connectivity index (χ3n) is 2.81. The lowest BCUT2D eigenvalue weighted by molar-refractivity contribution is 0.136. The van der Waals surface area contributed by atoms with E-state index in [0.29, 0.717) is 11.6 Å². The molecule has 4 nitrogen and oxygen atoms in total. The van der Waals surface area contributed by atoms with Crippen LogP contribution < -0.4 is 5.32 Å². The van der Waals surface area contributed by atoms with E-state index in [9.17, 15) is 5.11 Å². The molecule has 1 aliphatic heterocycles. The Balaban J connectivity index is 2.22. The van der Waals surface area contributed by atoms with Gasteiger partial charge in [-0.3, -0.25) is 0 Å². The second-order valence-corrected chi connectivity index (χ2v) is 3.69. The van der Waals surface area contributed by atoms with Crippen LogP contribution in [0, 0.1) is 0 Å². The molecule has 0 radical (unpaired) electrons. The van der Waals surface area contributed by atoms with E-state index in [0.717, 1.165) is 11.1 Å². The highest BCUT2D eigenvalue weighted by molar-refractivity contribution is 5.74. The minimum absolute atomic E-state index is 0.196. The SMILES string of the molecule is COC1c2ccoc2Nc2c(O)cccc21. The van der Waals surface area contributed by atoms with Crippen LogP contribution in [0.5, 0.6) is 5.75 Å². The van der Waals surface area contributed by atoms with Crippen molar-refractivity contribution in [3.05, 3.63) is 41.7 Å². The number of anilines is 2. The molecule has 0 aliphatic carbocycles. The Morgan fingerprint density at radius 1 is 1.31 bits per heavy atom. The Bertz CT molecular complexity index is 533. The number of hydrogen-bond donors (Lipinski definition) is 2. The molecule has 0 amide bonds. The van der Waals surface area contributed by atoms with Gasteiger partial charge in [0.15, 0.2) is 0 Å². The summed E-state index contributed by atoms with van der Waals surface area (Å²) >= 11 is 0. The normalized spacial score (nSPS) is 17.4. The van der Waals surface area contributed by atoms with Crippen molar-refractivity contribution >= 4 is 11.6 Å². The molecule has 1 atom stereocenters. The lowest BCUT2D eigenvalue weighted by Gasteiger charge is -2.25. The summed E-state index contributed by atoms with van der Waals surface area (Å²) in [6, 6.07) is 7.22. The molecule has 4 heteroatoms. The van der Waals surface area contributed by atoms with Crippen molar-refractivity contribution < 1.29 is 14.3 Å². The first kappa shape index (κ1) is 9.30. The Morgan fingerprint density at radius 3 is 3.00 bits per heavy atom. The fourth-order valence-corrected chi connectivity index (χ4v) is 2.07. The topological polar surface area (TPSA) is 54.6 Å². The molecule has 3 rings (SSSR count). The summed E-state index contributed by atoms with van der Waals surface area (Å²) < 4.78 is 10.7. The highest BCUT2D eigenvalue weighted by Gasteiger charge is 2.28. The Morgan fingerprint density at radius 2 is 2.19 bits per heavy atom. The van der Waals surface area contributed by atoms with Gasteiger partial charge in [0.1, 0.15) is 11.9 Å². The van der Waals surface area contributed by atoms with Crippen LogP contribution in [0.3, 0.4) is 0 Å². The molecule has 2 aromatic rings. The predicted molar refractivity (Wildman–Crippen MR) is 58.9 cm³/mol. The maximum atomic E-state index is 9.77. The van der Waals surface area contributed by atoms with Crippen molar-refractivity contribution in [3.8, 4) is 5.75 Å². The molecule has 0 saturated heterocycles. The van der Waals surface area contributed by atoms with Gasteiger partial charge in [-0.15, -0.1) is 0 Å². The van der Waals surface area contributed by atoms with Gasteiger partial charge in [0.25, 0.3) is 0 Å². The van der Waals surface area contributed by atoms with Gasteiger partial charge in [0, 0.05) is 18.2 Å². The summed E-state index contributed by atoms with van der Waals surface area (Å²) in [5.41, 5.74) is 2.51. The largest absolute Gasteiger partial charge is 0.506 e. The lowest BCUT2D eigenvalue weighted by Crippen LogP contribution is -2.12. The Labute approximate surface area is 92.5 Å². The number of para-hydroxylation sites is 1. The molecular formula is C12H11NO3. The Hall–Kier alpha value is -1.94. The van der Waals surface area contributed by atoms with Crippen molar-refractivity contribution in [3.63, 3.8) is 0 Å². The minimum atomic E-state index is -0.197. The third kappa shape index (κ3) is 1.13. The van der Waals surface area contributed by atoms with Crippen LogP contribution in [-0.2, 0) is 4.74 Å². The van der Waals surface area contributed by atoms with E-state index in [1.165, 1.54) is 0 Å². The van der Waals surface area contributed by atoms with Crippen LogP contribution in [0.2, 0.25) is 0 Å². The highest BCUT2D eigenvalue weighted by Crippen LogP contribution is 2.45.